The number of fused-ring (bicyclic) bond motifs is 1. The van der Waals surface area contributed by atoms with Gasteiger partial charge in [0.25, 0.3) is 0 Å². The lowest BCUT2D eigenvalue weighted by Gasteiger charge is -2.08. The van der Waals surface area contributed by atoms with E-state index in [4.69, 9.17) is 11.1 Å². The highest BCUT2D eigenvalue weighted by Gasteiger charge is 2.18. The van der Waals surface area contributed by atoms with Crippen molar-refractivity contribution < 1.29 is 22.7 Å². The fraction of sp³-hybridized carbons (Fsp3) is 0.125. The van der Waals surface area contributed by atoms with Crippen molar-refractivity contribution in [1.82, 2.24) is 14.4 Å². The molecule has 0 amide bonds. The molecule has 134 valence electrons. The Morgan fingerprint density at radius 3 is 2.46 bits per heavy atom. The van der Waals surface area contributed by atoms with E-state index >= 15 is 0 Å². The summed E-state index contributed by atoms with van der Waals surface area (Å²) in [4.78, 5) is 19.9. The normalized spacial score (nSPS) is 10.9. The van der Waals surface area contributed by atoms with Crippen molar-refractivity contribution in [1.29, 1.82) is 5.41 Å². The maximum atomic E-state index is 14.0. The average molecular weight is 363 g/mol. The third kappa shape index (κ3) is 3.08. The summed E-state index contributed by atoms with van der Waals surface area (Å²) in [6.45, 7) is 0. The number of hydrogen-bond donors (Lipinski definition) is 2. The summed E-state index contributed by atoms with van der Waals surface area (Å²) in [5.41, 5.74) is 5.58. The SMILES string of the molecule is COC(=O)c1cn2cc(C(=N)N)nc(Cc3cc(F)c(F)cc3F)c2n1. The van der Waals surface area contributed by atoms with Crippen LogP contribution in [0.15, 0.2) is 24.5 Å². The zero-order chi connectivity index (χ0) is 19.0. The Labute approximate surface area is 144 Å². The Kier molecular flexibility index (Phi) is 4.33. The van der Waals surface area contributed by atoms with Gasteiger partial charge in [-0.05, 0) is 11.6 Å². The molecule has 3 rings (SSSR count). The number of esters is 1. The number of carbonyl (C=O) groups excluding carboxylic acids is 1. The Bertz CT molecular complexity index is 1050. The lowest BCUT2D eigenvalue weighted by atomic mass is 10.1. The molecule has 2 heterocycles. The summed E-state index contributed by atoms with van der Waals surface area (Å²) in [5.74, 6) is -4.55. The average Bonchev–Trinajstić information content (AvgIpc) is 3.03. The molecule has 0 radical (unpaired) electrons. The fourth-order valence-corrected chi connectivity index (χ4v) is 2.39. The highest BCUT2D eigenvalue weighted by molar-refractivity contribution is 5.93. The maximum absolute atomic E-state index is 14.0. The van der Waals surface area contributed by atoms with Crippen molar-refractivity contribution in [3.05, 3.63) is 64.6 Å². The Hall–Kier alpha value is -3.43. The number of amidine groups is 1. The quantitative estimate of drug-likeness (QED) is 0.318. The van der Waals surface area contributed by atoms with E-state index in [9.17, 15) is 18.0 Å². The summed E-state index contributed by atoms with van der Waals surface area (Å²) in [6.07, 6.45) is 2.44. The molecule has 0 aliphatic carbocycles. The zero-order valence-corrected chi connectivity index (χ0v) is 13.4. The van der Waals surface area contributed by atoms with E-state index in [1.807, 2.05) is 0 Å². The topological polar surface area (TPSA) is 106 Å². The van der Waals surface area contributed by atoms with Crippen molar-refractivity contribution in [3.8, 4) is 0 Å². The third-order valence-electron chi connectivity index (χ3n) is 3.62. The summed E-state index contributed by atoms with van der Waals surface area (Å²) in [5, 5.41) is 7.53. The number of ether oxygens (including phenoxy) is 1. The molecule has 0 saturated heterocycles. The number of nitrogens with one attached hydrogen (secondary N) is 1. The van der Waals surface area contributed by atoms with Crippen LogP contribution >= 0.6 is 0 Å². The minimum absolute atomic E-state index is 0.0398. The number of carbonyl (C=O) groups is 1. The number of methoxy groups -OCH3 is 1. The van der Waals surface area contributed by atoms with Gasteiger partial charge in [0.2, 0.25) is 0 Å². The van der Waals surface area contributed by atoms with Crippen LogP contribution in [0, 0.1) is 22.9 Å². The van der Waals surface area contributed by atoms with Crippen LogP contribution in [0.2, 0.25) is 0 Å². The first-order valence-electron chi connectivity index (χ1n) is 7.25. The van der Waals surface area contributed by atoms with E-state index in [0.717, 1.165) is 0 Å². The fourth-order valence-electron chi connectivity index (χ4n) is 2.39. The highest BCUT2D eigenvalue weighted by atomic mass is 19.2. The van der Waals surface area contributed by atoms with Gasteiger partial charge < -0.3 is 14.9 Å². The molecule has 3 aromatic rings. The Morgan fingerprint density at radius 1 is 1.15 bits per heavy atom. The van der Waals surface area contributed by atoms with Gasteiger partial charge in [-0.1, -0.05) is 0 Å². The second kappa shape index (κ2) is 6.47. The number of rotatable bonds is 4. The van der Waals surface area contributed by atoms with Crippen LogP contribution in [0.1, 0.15) is 27.4 Å². The van der Waals surface area contributed by atoms with Crippen molar-refractivity contribution in [2.45, 2.75) is 6.42 Å². The maximum Gasteiger partial charge on any atom is 0.358 e. The number of nitrogens with two attached hydrogens (primary N) is 1. The summed E-state index contributed by atoms with van der Waals surface area (Å²) >= 11 is 0. The van der Waals surface area contributed by atoms with Gasteiger partial charge in [0, 0.05) is 24.9 Å². The summed E-state index contributed by atoms with van der Waals surface area (Å²) in [7, 11) is 1.18. The van der Waals surface area contributed by atoms with E-state index in [1.165, 1.54) is 23.9 Å². The van der Waals surface area contributed by atoms with Crippen LogP contribution in [-0.2, 0) is 11.2 Å². The molecule has 10 heteroatoms. The number of imidazole rings is 1. The second-order valence-electron chi connectivity index (χ2n) is 5.37. The van der Waals surface area contributed by atoms with Crippen molar-refractivity contribution in [2.24, 2.45) is 5.73 Å². The molecule has 0 spiro atoms. The molecule has 3 N–H and O–H groups in total. The molecule has 7 nitrogen and oxygen atoms in total. The molecule has 0 aliphatic heterocycles. The predicted molar refractivity (Wildman–Crippen MR) is 84.5 cm³/mol. The largest absolute Gasteiger partial charge is 0.464 e. The molecule has 26 heavy (non-hydrogen) atoms. The highest BCUT2D eigenvalue weighted by Crippen LogP contribution is 2.20. The van der Waals surface area contributed by atoms with E-state index in [1.54, 1.807) is 0 Å². The van der Waals surface area contributed by atoms with E-state index < -0.39 is 23.4 Å². The minimum Gasteiger partial charge on any atom is -0.464 e. The van der Waals surface area contributed by atoms with Gasteiger partial charge in [-0.25, -0.2) is 27.9 Å². The molecule has 2 aromatic heterocycles. The molecule has 0 atom stereocenters. The van der Waals surface area contributed by atoms with Gasteiger partial charge in [0.15, 0.2) is 23.0 Å². The lowest BCUT2D eigenvalue weighted by molar-refractivity contribution is 0.0595. The number of nitrogen functional groups attached to an aromatic ring is 1. The molecule has 0 bridgehead atoms. The van der Waals surface area contributed by atoms with Gasteiger partial charge in [0.1, 0.15) is 17.3 Å². The predicted octanol–water partition coefficient (Wildman–Crippen LogP) is 1.81. The summed E-state index contributed by atoms with van der Waals surface area (Å²) in [6, 6.07) is 1.15. The second-order valence-corrected chi connectivity index (χ2v) is 5.37. The number of aromatic nitrogens is 3. The first kappa shape index (κ1) is 17.4. The van der Waals surface area contributed by atoms with Crippen molar-refractivity contribution in [2.75, 3.05) is 7.11 Å². The smallest absolute Gasteiger partial charge is 0.358 e. The van der Waals surface area contributed by atoms with Crippen LogP contribution < -0.4 is 5.73 Å². The van der Waals surface area contributed by atoms with Gasteiger partial charge in [0.05, 0.1) is 12.8 Å². The van der Waals surface area contributed by atoms with Gasteiger partial charge >= 0.3 is 5.97 Å². The van der Waals surface area contributed by atoms with E-state index in [2.05, 4.69) is 14.7 Å². The Morgan fingerprint density at radius 2 is 1.81 bits per heavy atom. The van der Waals surface area contributed by atoms with E-state index in [0.29, 0.717) is 12.1 Å². The molecule has 0 aliphatic rings. The number of hydrogen-bond acceptors (Lipinski definition) is 5. The Balaban J connectivity index is 2.17. The summed E-state index contributed by atoms with van der Waals surface area (Å²) < 4.78 is 46.5. The van der Waals surface area contributed by atoms with Gasteiger partial charge in [-0.3, -0.25) is 5.41 Å². The van der Waals surface area contributed by atoms with E-state index in [-0.39, 0.29) is 40.5 Å². The molecular formula is C16H12F3N5O2. The van der Waals surface area contributed by atoms with Gasteiger partial charge in [-0.15, -0.1) is 0 Å². The zero-order valence-electron chi connectivity index (χ0n) is 13.4. The monoisotopic (exact) mass is 363 g/mol. The first-order valence-corrected chi connectivity index (χ1v) is 7.25. The van der Waals surface area contributed by atoms with Crippen LogP contribution in [0.25, 0.3) is 5.65 Å². The van der Waals surface area contributed by atoms with Crippen LogP contribution in [0.5, 0.6) is 0 Å². The number of nitrogens with zero attached hydrogens (tertiary/aromatic N) is 3. The standard InChI is InChI=1S/C16H12F3N5O2/c1-26-16(25)13-6-24-5-12(14(20)21)22-11(15(24)23-13)3-7-2-9(18)10(19)4-8(7)17/h2,4-6H,3H2,1H3,(H3,20,21). The molecule has 0 fully saturated rings. The van der Waals surface area contributed by atoms with Crippen molar-refractivity contribution in [3.63, 3.8) is 0 Å². The molecule has 1 aromatic carbocycles. The van der Waals surface area contributed by atoms with Crippen molar-refractivity contribution >= 4 is 17.5 Å². The minimum atomic E-state index is -1.31. The molecule has 0 saturated carbocycles. The third-order valence-corrected chi connectivity index (χ3v) is 3.62. The first-order chi connectivity index (χ1) is 12.3. The lowest BCUT2D eigenvalue weighted by Crippen LogP contribution is -2.16. The van der Waals surface area contributed by atoms with Crippen LogP contribution in [-0.4, -0.2) is 33.3 Å². The molecular weight excluding hydrogens is 351 g/mol. The van der Waals surface area contributed by atoms with Gasteiger partial charge in [-0.2, -0.15) is 0 Å². The van der Waals surface area contributed by atoms with Crippen LogP contribution in [0.3, 0.4) is 0 Å². The number of benzene rings is 1. The van der Waals surface area contributed by atoms with Crippen LogP contribution in [0.4, 0.5) is 13.2 Å². The number of halogens is 3. The molecule has 0 unspecified atom stereocenters.